The van der Waals surface area contributed by atoms with Crippen molar-refractivity contribution < 1.29 is 5.11 Å². The Labute approximate surface area is 79.4 Å². The standard InChI is InChI=1S/C10H24OSi/c1-7(2)10(11,8(3)4)12-9(5)6/h7-9,11H,12H2,1-6H3. The van der Waals surface area contributed by atoms with Gasteiger partial charge in [-0.3, -0.25) is 0 Å². The average Bonchev–Trinajstić information content (AvgIpc) is 1.84. The molecule has 0 aliphatic heterocycles. The predicted octanol–water partition coefficient (Wildman–Crippen LogP) is 1.98. The molecular weight excluding hydrogens is 164 g/mol. The number of rotatable bonds is 4. The van der Waals surface area contributed by atoms with E-state index in [1.165, 1.54) is 0 Å². The summed E-state index contributed by atoms with van der Waals surface area (Å²) in [5.74, 6) is 0.818. The molecule has 0 rings (SSSR count). The topological polar surface area (TPSA) is 20.2 Å². The summed E-state index contributed by atoms with van der Waals surface area (Å²) in [6.45, 7) is 13.0. The minimum Gasteiger partial charge on any atom is -0.394 e. The zero-order valence-electron chi connectivity index (χ0n) is 9.39. The monoisotopic (exact) mass is 188 g/mol. The zero-order valence-corrected chi connectivity index (χ0v) is 10.8. The molecule has 0 aliphatic rings. The first kappa shape index (κ1) is 12.2. The third kappa shape index (κ3) is 2.90. The van der Waals surface area contributed by atoms with Gasteiger partial charge in [-0.2, -0.15) is 0 Å². The van der Waals surface area contributed by atoms with E-state index in [1.54, 1.807) is 0 Å². The van der Waals surface area contributed by atoms with Gasteiger partial charge in [-0.1, -0.05) is 47.1 Å². The van der Waals surface area contributed by atoms with Gasteiger partial charge in [0.2, 0.25) is 0 Å². The molecule has 0 radical (unpaired) electrons. The zero-order chi connectivity index (χ0) is 9.94. The summed E-state index contributed by atoms with van der Waals surface area (Å²) in [6, 6.07) is 0. The molecule has 0 bridgehead atoms. The van der Waals surface area contributed by atoms with Crippen molar-refractivity contribution in [3.8, 4) is 0 Å². The summed E-state index contributed by atoms with van der Waals surface area (Å²) in [7, 11) is -0.376. The lowest BCUT2D eigenvalue weighted by atomic mass is 9.95. The van der Waals surface area contributed by atoms with Gasteiger partial charge >= 0.3 is 0 Å². The highest BCUT2D eigenvalue weighted by molar-refractivity contribution is 6.41. The summed E-state index contributed by atoms with van der Waals surface area (Å²) < 4.78 is 0. The molecule has 12 heavy (non-hydrogen) atoms. The lowest BCUT2D eigenvalue weighted by Gasteiger charge is -2.37. The van der Waals surface area contributed by atoms with Gasteiger partial charge in [0.05, 0.1) is 14.7 Å². The first-order valence-corrected chi connectivity index (χ1v) is 6.55. The van der Waals surface area contributed by atoms with Crippen LogP contribution in [0, 0.1) is 11.8 Å². The molecule has 0 amide bonds. The largest absolute Gasteiger partial charge is 0.394 e. The molecule has 0 fully saturated rings. The molecule has 0 aromatic rings. The van der Waals surface area contributed by atoms with Crippen LogP contribution in [0.5, 0.6) is 0 Å². The van der Waals surface area contributed by atoms with Crippen LogP contribution in [0.25, 0.3) is 0 Å². The van der Waals surface area contributed by atoms with Crippen molar-refractivity contribution in [2.24, 2.45) is 11.8 Å². The Morgan fingerprint density at radius 3 is 1.33 bits per heavy atom. The molecule has 0 saturated carbocycles. The first-order valence-electron chi connectivity index (χ1n) is 5.03. The van der Waals surface area contributed by atoms with E-state index in [1.807, 2.05) is 0 Å². The molecule has 0 saturated heterocycles. The normalized spacial score (nSPS) is 14.5. The van der Waals surface area contributed by atoms with E-state index in [9.17, 15) is 5.11 Å². The van der Waals surface area contributed by atoms with Gasteiger partial charge in [-0.15, -0.1) is 0 Å². The van der Waals surface area contributed by atoms with Crippen molar-refractivity contribution in [1.82, 2.24) is 0 Å². The fourth-order valence-electron chi connectivity index (χ4n) is 1.79. The summed E-state index contributed by atoms with van der Waals surface area (Å²) in [4.78, 5) is 0. The van der Waals surface area contributed by atoms with Crippen LogP contribution < -0.4 is 0 Å². The summed E-state index contributed by atoms with van der Waals surface area (Å²) in [6.07, 6.45) is 0. The van der Waals surface area contributed by atoms with Gasteiger partial charge in [0.1, 0.15) is 0 Å². The van der Waals surface area contributed by atoms with Crippen molar-refractivity contribution in [3.05, 3.63) is 0 Å². The van der Waals surface area contributed by atoms with Gasteiger partial charge in [0.15, 0.2) is 0 Å². The maximum Gasteiger partial charge on any atom is 0.0623 e. The van der Waals surface area contributed by atoms with Crippen molar-refractivity contribution in [1.29, 1.82) is 0 Å². The second-order valence-electron chi connectivity index (χ2n) is 4.90. The third-order valence-corrected chi connectivity index (χ3v) is 5.84. The number of hydrogen-bond donors (Lipinski definition) is 1. The number of aliphatic hydroxyl groups is 1. The molecule has 0 atom stereocenters. The van der Waals surface area contributed by atoms with E-state index < -0.39 is 0 Å². The Morgan fingerprint density at radius 2 is 1.25 bits per heavy atom. The summed E-state index contributed by atoms with van der Waals surface area (Å²) in [5, 5.41) is 10.1. The molecule has 1 nitrogen and oxygen atoms in total. The SMILES string of the molecule is CC(C)[SiH2]C(O)(C(C)C)C(C)C. The maximum absolute atomic E-state index is 10.4. The van der Waals surface area contributed by atoms with E-state index in [2.05, 4.69) is 41.5 Å². The van der Waals surface area contributed by atoms with Crippen molar-refractivity contribution >= 4 is 9.52 Å². The maximum atomic E-state index is 10.4. The predicted molar refractivity (Wildman–Crippen MR) is 58.3 cm³/mol. The Bertz CT molecular complexity index is 122. The van der Waals surface area contributed by atoms with Crippen molar-refractivity contribution in [3.63, 3.8) is 0 Å². The van der Waals surface area contributed by atoms with Gasteiger partial charge < -0.3 is 5.11 Å². The van der Waals surface area contributed by atoms with E-state index in [0.717, 1.165) is 0 Å². The molecule has 0 aromatic carbocycles. The van der Waals surface area contributed by atoms with Crippen LogP contribution in [-0.4, -0.2) is 19.9 Å². The highest BCUT2D eigenvalue weighted by Crippen LogP contribution is 2.27. The van der Waals surface area contributed by atoms with Crippen LogP contribution in [0.2, 0.25) is 5.54 Å². The Balaban J connectivity index is 4.40. The van der Waals surface area contributed by atoms with Crippen LogP contribution in [0.1, 0.15) is 41.5 Å². The average molecular weight is 188 g/mol. The van der Waals surface area contributed by atoms with E-state index in [-0.39, 0.29) is 14.7 Å². The second kappa shape index (κ2) is 4.42. The molecule has 0 aromatic heterocycles. The van der Waals surface area contributed by atoms with E-state index in [0.29, 0.717) is 17.4 Å². The van der Waals surface area contributed by atoms with Crippen LogP contribution in [0.4, 0.5) is 0 Å². The van der Waals surface area contributed by atoms with Crippen molar-refractivity contribution in [2.75, 3.05) is 0 Å². The molecule has 0 unspecified atom stereocenters. The van der Waals surface area contributed by atoms with Crippen LogP contribution in [0.15, 0.2) is 0 Å². The highest BCUT2D eigenvalue weighted by atomic mass is 28.2. The molecule has 74 valence electrons. The number of hydrogen-bond acceptors (Lipinski definition) is 1. The van der Waals surface area contributed by atoms with Gasteiger partial charge in [-0.25, -0.2) is 0 Å². The minimum atomic E-state index is -0.376. The molecule has 0 heterocycles. The molecule has 1 N–H and O–H groups in total. The fourth-order valence-corrected chi connectivity index (χ4v) is 4.04. The lowest BCUT2D eigenvalue weighted by molar-refractivity contribution is 0.0293. The second-order valence-corrected chi connectivity index (χ2v) is 8.07. The van der Waals surface area contributed by atoms with Gasteiger partial charge in [0, 0.05) is 0 Å². The molecule has 0 spiro atoms. The van der Waals surface area contributed by atoms with Crippen LogP contribution >= 0.6 is 0 Å². The van der Waals surface area contributed by atoms with E-state index >= 15 is 0 Å². The van der Waals surface area contributed by atoms with Crippen LogP contribution in [-0.2, 0) is 0 Å². The third-order valence-electron chi connectivity index (χ3n) is 2.73. The molecular formula is C10H24OSi. The fraction of sp³-hybridized carbons (Fsp3) is 1.00. The van der Waals surface area contributed by atoms with Crippen molar-refractivity contribution in [2.45, 2.75) is 52.3 Å². The first-order chi connectivity index (χ1) is 5.30. The summed E-state index contributed by atoms with van der Waals surface area (Å²) in [5.41, 5.74) is 0.708. The Morgan fingerprint density at radius 1 is 0.917 bits per heavy atom. The minimum absolute atomic E-state index is 0.339. The lowest BCUT2D eigenvalue weighted by Crippen LogP contribution is -2.47. The smallest absolute Gasteiger partial charge is 0.0623 e. The highest BCUT2D eigenvalue weighted by Gasteiger charge is 2.35. The molecule has 0 aliphatic carbocycles. The molecule has 2 heteroatoms. The van der Waals surface area contributed by atoms with Crippen LogP contribution in [0.3, 0.4) is 0 Å². The Hall–Kier alpha value is 0.177. The summed E-state index contributed by atoms with van der Waals surface area (Å²) >= 11 is 0. The van der Waals surface area contributed by atoms with E-state index in [4.69, 9.17) is 0 Å². The van der Waals surface area contributed by atoms with Gasteiger partial charge in [-0.05, 0) is 11.8 Å². The Kier molecular flexibility index (Phi) is 4.49. The van der Waals surface area contributed by atoms with Gasteiger partial charge in [0.25, 0.3) is 0 Å². The quantitative estimate of drug-likeness (QED) is 0.669.